The van der Waals surface area contributed by atoms with Crippen molar-refractivity contribution in [2.75, 3.05) is 27.3 Å². The Kier molecular flexibility index (Phi) is 6.79. The van der Waals surface area contributed by atoms with Crippen LogP contribution in [0.2, 0.25) is 0 Å². The van der Waals surface area contributed by atoms with Crippen LogP contribution in [0.3, 0.4) is 0 Å². The summed E-state index contributed by atoms with van der Waals surface area (Å²) in [6.45, 7) is 7.34. The molecule has 21 heavy (non-hydrogen) atoms. The molecule has 1 heterocycles. The Labute approximate surface area is 127 Å². The number of likely N-dealkylation sites (N-methyl/N-ethyl adjacent to an activating group) is 1. The van der Waals surface area contributed by atoms with E-state index in [1.54, 1.807) is 21.1 Å². The van der Waals surface area contributed by atoms with Crippen molar-refractivity contribution < 1.29 is 13.2 Å². The fraction of sp³-hybridized carbons (Fsp3) is 0.769. The molecule has 0 fully saturated rings. The van der Waals surface area contributed by atoms with Crippen LogP contribution < -0.4 is 5.32 Å². The monoisotopic (exact) mass is 318 g/mol. The van der Waals surface area contributed by atoms with E-state index in [1.165, 1.54) is 4.31 Å². The summed E-state index contributed by atoms with van der Waals surface area (Å²) in [6, 6.07) is -0.256. The summed E-state index contributed by atoms with van der Waals surface area (Å²) in [5.41, 5.74) is 1.46. The van der Waals surface area contributed by atoms with Crippen LogP contribution in [0.5, 0.6) is 0 Å². The minimum Gasteiger partial charge on any atom is -0.383 e. The fourth-order valence-electron chi connectivity index (χ4n) is 1.96. The summed E-state index contributed by atoms with van der Waals surface area (Å²) in [7, 11) is -0.537. The Morgan fingerprint density at radius 2 is 2.14 bits per heavy atom. The standard InChI is InChI=1S/C13H26N4O3S/c1-6-7-14-8-12-11(3)15-16-13(12)21(18,19)17(4)10(2)9-20-5/h10,14H,6-9H2,1-5H3,(H,15,16). The third-order valence-corrected chi connectivity index (χ3v) is 5.36. The molecule has 0 bridgehead atoms. The highest BCUT2D eigenvalue weighted by atomic mass is 32.2. The molecule has 0 spiro atoms. The largest absolute Gasteiger partial charge is 0.383 e. The van der Waals surface area contributed by atoms with Gasteiger partial charge in [0.1, 0.15) is 0 Å². The minimum atomic E-state index is -3.64. The Balaban J connectivity index is 3.03. The van der Waals surface area contributed by atoms with Gasteiger partial charge in [0, 0.05) is 38.0 Å². The van der Waals surface area contributed by atoms with Gasteiger partial charge in [0.15, 0.2) is 5.03 Å². The number of rotatable bonds is 9. The van der Waals surface area contributed by atoms with Gasteiger partial charge in [-0.1, -0.05) is 6.92 Å². The second-order valence-electron chi connectivity index (χ2n) is 5.13. The fourth-order valence-corrected chi connectivity index (χ4v) is 3.47. The van der Waals surface area contributed by atoms with Gasteiger partial charge in [0.2, 0.25) is 0 Å². The maximum atomic E-state index is 12.7. The van der Waals surface area contributed by atoms with Crippen molar-refractivity contribution in [2.24, 2.45) is 0 Å². The van der Waals surface area contributed by atoms with Crippen LogP contribution in [0, 0.1) is 6.92 Å². The van der Waals surface area contributed by atoms with Gasteiger partial charge in [0.05, 0.1) is 6.61 Å². The first-order chi connectivity index (χ1) is 9.86. The highest BCUT2D eigenvalue weighted by Gasteiger charge is 2.30. The van der Waals surface area contributed by atoms with Crippen molar-refractivity contribution in [1.29, 1.82) is 0 Å². The summed E-state index contributed by atoms with van der Waals surface area (Å²) in [6.07, 6.45) is 0.990. The maximum absolute atomic E-state index is 12.7. The van der Waals surface area contributed by atoms with Crippen LogP contribution in [0.4, 0.5) is 0 Å². The topological polar surface area (TPSA) is 87.3 Å². The number of methoxy groups -OCH3 is 1. The van der Waals surface area contributed by atoms with Crippen molar-refractivity contribution in [1.82, 2.24) is 19.8 Å². The van der Waals surface area contributed by atoms with E-state index in [-0.39, 0.29) is 11.1 Å². The van der Waals surface area contributed by atoms with Crippen LogP contribution >= 0.6 is 0 Å². The summed E-state index contributed by atoms with van der Waals surface area (Å²) in [5.74, 6) is 0. The molecular formula is C13H26N4O3S. The van der Waals surface area contributed by atoms with Crippen LogP contribution in [0.25, 0.3) is 0 Å². The van der Waals surface area contributed by atoms with Crippen LogP contribution in [-0.2, 0) is 21.3 Å². The molecule has 1 rings (SSSR count). The van der Waals surface area contributed by atoms with E-state index in [1.807, 2.05) is 6.92 Å². The van der Waals surface area contributed by atoms with E-state index < -0.39 is 10.0 Å². The average molecular weight is 318 g/mol. The van der Waals surface area contributed by atoms with Gasteiger partial charge in [-0.25, -0.2) is 8.42 Å². The quantitative estimate of drug-likeness (QED) is 0.660. The second-order valence-corrected chi connectivity index (χ2v) is 7.05. The zero-order valence-electron chi connectivity index (χ0n) is 13.4. The third kappa shape index (κ3) is 4.26. The number of H-pyrrole nitrogens is 1. The van der Waals surface area contributed by atoms with Crippen molar-refractivity contribution in [3.8, 4) is 0 Å². The maximum Gasteiger partial charge on any atom is 0.262 e. The molecule has 8 heteroatoms. The number of hydrogen-bond acceptors (Lipinski definition) is 5. The summed E-state index contributed by atoms with van der Waals surface area (Å²) in [4.78, 5) is 0. The molecule has 0 aliphatic heterocycles. The van der Waals surface area contributed by atoms with E-state index in [0.29, 0.717) is 18.7 Å². The van der Waals surface area contributed by atoms with Crippen molar-refractivity contribution in [2.45, 2.75) is 44.8 Å². The zero-order chi connectivity index (χ0) is 16.0. The third-order valence-electron chi connectivity index (χ3n) is 3.42. The smallest absolute Gasteiger partial charge is 0.262 e. The first-order valence-corrected chi connectivity index (χ1v) is 8.51. The molecule has 0 aliphatic rings. The lowest BCUT2D eigenvalue weighted by molar-refractivity contribution is 0.149. The van der Waals surface area contributed by atoms with Crippen molar-refractivity contribution in [3.05, 3.63) is 11.3 Å². The summed E-state index contributed by atoms with van der Waals surface area (Å²) >= 11 is 0. The number of sulfonamides is 1. The number of nitrogens with zero attached hydrogens (tertiary/aromatic N) is 2. The molecule has 1 atom stereocenters. The lowest BCUT2D eigenvalue weighted by Gasteiger charge is -2.23. The molecule has 0 aliphatic carbocycles. The molecule has 1 aromatic heterocycles. The molecule has 0 aromatic carbocycles. The summed E-state index contributed by atoms with van der Waals surface area (Å²) in [5, 5.41) is 10.1. The van der Waals surface area contributed by atoms with Crippen LogP contribution in [-0.4, -0.2) is 56.3 Å². The van der Waals surface area contributed by atoms with E-state index in [4.69, 9.17) is 4.74 Å². The minimum absolute atomic E-state index is 0.0917. The number of aryl methyl sites for hydroxylation is 1. The molecule has 7 nitrogen and oxygen atoms in total. The lowest BCUT2D eigenvalue weighted by Crippen LogP contribution is -2.38. The molecule has 0 amide bonds. The summed E-state index contributed by atoms with van der Waals surface area (Å²) < 4.78 is 31.7. The first kappa shape index (κ1) is 18.1. The molecule has 1 unspecified atom stereocenters. The number of ether oxygens (including phenoxy) is 1. The molecule has 122 valence electrons. The second kappa shape index (κ2) is 7.88. The van der Waals surface area contributed by atoms with Crippen LogP contribution in [0.1, 0.15) is 31.5 Å². The Morgan fingerprint density at radius 1 is 1.48 bits per heavy atom. The molecule has 2 N–H and O–H groups in total. The van der Waals surface area contributed by atoms with Gasteiger partial charge in [-0.2, -0.15) is 9.40 Å². The SMILES string of the molecule is CCCNCc1c(S(=O)(=O)N(C)C(C)COC)n[nH]c1C. The van der Waals surface area contributed by atoms with Crippen molar-refractivity contribution >= 4 is 10.0 Å². The zero-order valence-corrected chi connectivity index (χ0v) is 14.2. The number of nitrogens with one attached hydrogen (secondary N) is 2. The molecule has 0 saturated carbocycles. The van der Waals surface area contributed by atoms with Crippen molar-refractivity contribution in [3.63, 3.8) is 0 Å². The van der Waals surface area contributed by atoms with Gasteiger partial charge in [-0.15, -0.1) is 0 Å². The molecule has 0 radical (unpaired) electrons. The van der Waals surface area contributed by atoms with Gasteiger partial charge in [0.25, 0.3) is 10.0 Å². The number of hydrogen-bond donors (Lipinski definition) is 2. The molecule has 0 saturated heterocycles. The Bertz CT molecular complexity index is 542. The first-order valence-electron chi connectivity index (χ1n) is 7.07. The number of aromatic amines is 1. The molecular weight excluding hydrogens is 292 g/mol. The predicted octanol–water partition coefficient (Wildman–Crippen LogP) is 0.873. The molecule has 1 aromatic rings. The van der Waals surface area contributed by atoms with E-state index in [2.05, 4.69) is 22.4 Å². The Morgan fingerprint density at radius 3 is 2.71 bits per heavy atom. The van der Waals surface area contributed by atoms with Gasteiger partial charge in [-0.05, 0) is 26.8 Å². The number of aromatic nitrogens is 2. The highest BCUT2D eigenvalue weighted by Crippen LogP contribution is 2.21. The van der Waals surface area contributed by atoms with Gasteiger partial charge >= 0.3 is 0 Å². The average Bonchev–Trinajstić information content (AvgIpc) is 2.80. The normalized spacial score (nSPS) is 13.8. The van der Waals surface area contributed by atoms with Gasteiger partial charge < -0.3 is 10.1 Å². The van der Waals surface area contributed by atoms with E-state index in [9.17, 15) is 8.42 Å². The lowest BCUT2D eigenvalue weighted by atomic mass is 10.2. The highest BCUT2D eigenvalue weighted by molar-refractivity contribution is 7.89. The van der Waals surface area contributed by atoms with E-state index >= 15 is 0 Å². The van der Waals surface area contributed by atoms with Crippen LogP contribution in [0.15, 0.2) is 5.03 Å². The Hall–Kier alpha value is -0.960. The van der Waals surface area contributed by atoms with Gasteiger partial charge in [-0.3, -0.25) is 5.10 Å². The predicted molar refractivity (Wildman–Crippen MR) is 81.6 cm³/mol. The van der Waals surface area contributed by atoms with E-state index in [0.717, 1.165) is 18.7 Å².